The van der Waals surface area contributed by atoms with E-state index in [9.17, 15) is 0 Å². The molecule has 1 heterocycles. The van der Waals surface area contributed by atoms with E-state index in [0.29, 0.717) is 5.95 Å². The topological polar surface area (TPSA) is 76.7 Å². The van der Waals surface area contributed by atoms with Crippen LogP contribution >= 0.6 is 0 Å². The Hall–Kier alpha value is -2.53. The maximum atomic E-state index is 5.96. The summed E-state index contributed by atoms with van der Waals surface area (Å²) < 4.78 is 0. The molecule has 2 aromatic carbocycles. The summed E-state index contributed by atoms with van der Waals surface area (Å²) in [6.45, 7) is 1.94. The summed E-state index contributed by atoms with van der Waals surface area (Å²) in [5.41, 5.74) is 9.47. The number of anilines is 2. The highest BCUT2D eigenvalue weighted by molar-refractivity contribution is 5.74. The smallest absolute Gasteiger partial charge is 0.247 e. The largest absolute Gasteiger partial charge is 0.324 e. The highest BCUT2D eigenvalue weighted by Crippen LogP contribution is 2.23. The second-order valence-electron chi connectivity index (χ2n) is 4.63. The minimum absolute atomic E-state index is 0.0629. The van der Waals surface area contributed by atoms with Gasteiger partial charge in [0.15, 0.2) is 0 Å². The number of nitrogens with one attached hydrogen (secondary N) is 1. The number of para-hydroxylation sites is 2. The molecular formula is C15H15N5. The second-order valence-corrected chi connectivity index (χ2v) is 4.63. The van der Waals surface area contributed by atoms with Crippen LogP contribution in [-0.2, 0) is 0 Å². The molecule has 0 aliphatic rings. The van der Waals surface area contributed by atoms with Crippen molar-refractivity contribution in [1.29, 1.82) is 0 Å². The van der Waals surface area contributed by atoms with Gasteiger partial charge in [0.05, 0.1) is 5.52 Å². The van der Waals surface area contributed by atoms with Crippen LogP contribution in [0.25, 0.3) is 11.0 Å². The van der Waals surface area contributed by atoms with Crippen molar-refractivity contribution in [2.45, 2.75) is 13.0 Å². The van der Waals surface area contributed by atoms with Gasteiger partial charge in [0.25, 0.3) is 0 Å². The maximum Gasteiger partial charge on any atom is 0.247 e. The van der Waals surface area contributed by atoms with Gasteiger partial charge in [-0.1, -0.05) is 30.3 Å². The summed E-state index contributed by atoms with van der Waals surface area (Å²) in [7, 11) is 0. The lowest BCUT2D eigenvalue weighted by molar-refractivity contribution is 0.820. The van der Waals surface area contributed by atoms with Crippen molar-refractivity contribution in [2.24, 2.45) is 5.73 Å². The zero-order valence-electron chi connectivity index (χ0n) is 11.1. The van der Waals surface area contributed by atoms with Gasteiger partial charge >= 0.3 is 0 Å². The van der Waals surface area contributed by atoms with Gasteiger partial charge < -0.3 is 11.1 Å². The molecule has 100 valence electrons. The molecule has 5 heteroatoms. The van der Waals surface area contributed by atoms with Crippen molar-refractivity contribution in [1.82, 2.24) is 15.2 Å². The normalized spacial score (nSPS) is 12.3. The van der Waals surface area contributed by atoms with Crippen LogP contribution in [0.4, 0.5) is 11.6 Å². The lowest BCUT2D eigenvalue weighted by atomic mass is 10.1. The first-order valence-electron chi connectivity index (χ1n) is 6.45. The summed E-state index contributed by atoms with van der Waals surface area (Å²) in [6.07, 6.45) is 0. The van der Waals surface area contributed by atoms with Crippen LogP contribution in [0.15, 0.2) is 48.5 Å². The van der Waals surface area contributed by atoms with Crippen molar-refractivity contribution in [3.63, 3.8) is 0 Å². The fourth-order valence-corrected chi connectivity index (χ4v) is 2.06. The molecule has 0 amide bonds. The highest BCUT2D eigenvalue weighted by Gasteiger charge is 2.08. The Morgan fingerprint density at radius 1 is 0.950 bits per heavy atom. The number of hydrogen-bond donors (Lipinski definition) is 2. The standard InChI is InChI=1S/C15H15N5/c1-10(16)11-6-2-3-7-12(11)17-15-18-13-8-4-5-9-14(13)19-20-15/h2-10H,16H2,1H3,(H,17,18,20). The fourth-order valence-electron chi connectivity index (χ4n) is 2.06. The molecule has 0 aliphatic carbocycles. The van der Waals surface area contributed by atoms with Gasteiger partial charge in [-0.25, -0.2) is 4.98 Å². The Bertz CT molecular complexity index is 739. The van der Waals surface area contributed by atoms with Crippen molar-refractivity contribution in [2.75, 3.05) is 5.32 Å². The lowest BCUT2D eigenvalue weighted by Crippen LogP contribution is -2.09. The zero-order valence-corrected chi connectivity index (χ0v) is 11.1. The van der Waals surface area contributed by atoms with Gasteiger partial charge in [-0.2, -0.15) is 0 Å². The second kappa shape index (κ2) is 5.22. The molecule has 3 N–H and O–H groups in total. The SMILES string of the molecule is CC(N)c1ccccc1Nc1nnc2ccccc2n1. The van der Waals surface area contributed by atoms with E-state index >= 15 is 0 Å². The van der Waals surface area contributed by atoms with Crippen LogP contribution in [0.5, 0.6) is 0 Å². The van der Waals surface area contributed by atoms with Gasteiger partial charge in [-0.15, -0.1) is 10.2 Å². The van der Waals surface area contributed by atoms with E-state index in [0.717, 1.165) is 22.3 Å². The molecule has 0 spiro atoms. The van der Waals surface area contributed by atoms with Gasteiger partial charge in [0.2, 0.25) is 5.95 Å². The Labute approximate surface area is 116 Å². The number of rotatable bonds is 3. The fraction of sp³-hybridized carbons (Fsp3) is 0.133. The molecule has 0 aliphatic heterocycles. The zero-order chi connectivity index (χ0) is 13.9. The molecule has 3 aromatic rings. The van der Waals surface area contributed by atoms with E-state index in [-0.39, 0.29) is 6.04 Å². The Morgan fingerprint density at radius 2 is 1.65 bits per heavy atom. The highest BCUT2D eigenvalue weighted by atomic mass is 15.2. The molecule has 0 fully saturated rings. The number of hydrogen-bond acceptors (Lipinski definition) is 5. The maximum absolute atomic E-state index is 5.96. The predicted octanol–water partition coefficient (Wildman–Crippen LogP) is 2.79. The lowest BCUT2D eigenvalue weighted by Gasteiger charge is -2.13. The van der Waals surface area contributed by atoms with Gasteiger partial charge in [-0.05, 0) is 30.7 Å². The van der Waals surface area contributed by atoms with Crippen LogP contribution in [0, 0.1) is 0 Å². The number of nitrogens with two attached hydrogens (primary N) is 1. The average molecular weight is 265 g/mol. The van der Waals surface area contributed by atoms with Crippen molar-refractivity contribution in [3.8, 4) is 0 Å². The first kappa shape index (κ1) is 12.5. The Kier molecular flexibility index (Phi) is 3.26. The van der Waals surface area contributed by atoms with Gasteiger partial charge in [0.1, 0.15) is 5.52 Å². The van der Waals surface area contributed by atoms with Gasteiger partial charge in [0, 0.05) is 11.7 Å². The molecule has 3 rings (SSSR count). The molecule has 1 aromatic heterocycles. The third-order valence-electron chi connectivity index (χ3n) is 3.06. The number of nitrogens with zero attached hydrogens (tertiary/aromatic N) is 3. The van der Waals surface area contributed by atoms with Gasteiger partial charge in [-0.3, -0.25) is 0 Å². The minimum atomic E-state index is -0.0629. The molecule has 20 heavy (non-hydrogen) atoms. The number of fused-ring (bicyclic) bond motifs is 1. The minimum Gasteiger partial charge on any atom is -0.324 e. The van der Waals surface area contributed by atoms with Crippen LogP contribution < -0.4 is 11.1 Å². The first-order valence-corrected chi connectivity index (χ1v) is 6.45. The number of aromatic nitrogens is 3. The monoisotopic (exact) mass is 265 g/mol. The summed E-state index contributed by atoms with van der Waals surface area (Å²) in [4.78, 5) is 4.45. The molecule has 1 atom stereocenters. The number of benzene rings is 2. The first-order chi connectivity index (χ1) is 9.74. The third-order valence-corrected chi connectivity index (χ3v) is 3.06. The van der Waals surface area contributed by atoms with E-state index < -0.39 is 0 Å². The average Bonchev–Trinajstić information content (AvgIpc) is 2.47. The third kappa shape index (κ3) is 2.44. The Morgan fingerprint density at radius 3 is 2.45 bits per heavy atom. The molecule has 0 saturated carbocycles. The van der Waals surface area contributed by atoms with E-state index in [2.05, 4.69) is 20.5 Å². The van der Waals surface area contributed by atoms with E-state index in [4.69, 9.17) is 5.73 Å². The summed E-state index contributed by atoms with van der Waals surface area (Å²) in [5, 5.41) is 11.4. The van der Waals surface area contributed by atoms with Crippen molar-refractivity contribution in [3.05, 3.63) is 54.1 Å². The summed E-state index contributed by atoms with van der Waals surface area (Å²) >= 11 is 0. The van der Waals surface area contributed by atoms with Crippen LogP contribution in [0.1, 0.15) is 18.5 Å². The molecule has 0 saturated heterocycles. The van der Waals surface area contributed by atoms with Crippen molar-refractivity contribution >= 4 is 22.7 Å². The van der Waals surface area contributed by atoms with E-state index in [1.54, 1.807) is 0 Å². The quantitative estimate of drug-likeness (QED) is 0.761. The summed E-state index contributed by atoms with van der Waals surface area (Å²) in [6, 6.07) is 15.4. The molecule has 5 nitrogen and oxygen atoms in total. The van der Waals surface area contributed by atoms with E-state index in [1.807, 2.05) is 55.5 Å². The molecule has 1 unspecified atom stereocenters. The van der Waals surface area contributed by atoms with Crippen LogP contribution in [-0.4, -0.2) is 15.2 Å². The Balaban J connectivity index is 1.97. The van der Waals surface area contributed by atoms with Crippen molar-refractivity contribution < 1.29 is 0 Å². The molecule has 0 radical (unpaired) electrons. The molecular weight excluding hydrogens is 250 g/mol. The predicted molar refractivity (Wildman–Crippen MR) is 79.7 cm³/mol. The molecule has 0 bridgehead atoms. The summed E-state index contributed by atoms with van der Waals surface area (Å²) in [5.74, 6) is 0.469. The van der Waals surface area contributed by atoms with Crippen LogP contribution in [0.2, 0.25) is 0 Å². The van der Waals surface area contributed by atoms with Crippen LogP contribution in [0.3, 0.4) is 0 Å². The van der Waals surface area contributed by atoms with E-state index in [1.165, 1.54) is 0 Å².